The van der Waals surface area contributed by atoms with Gasteiger partial charge < -0.3 is 5.11 Å². The van der Waals surface area contributed by atoms with Crippen LogP contribution in [0.25, 0.3) is 0 Å². The van der Waals surface area contributed by atoms with Gasteiger partial charge in [0.1, 0.15) is 5.60 Å². The molecule has 0 spiro atoms. The van der Waals surface area contributed by atoms with Gasteiger partial charge >= 0.3 is 0 Å². The molecule has 0 saturated heterocycles. The van der Waals surface area contributed by atoms with Crippen LogP contribution < -0.4 is 0 Å². The molecule has 0 aliphatic heterocycles. The van der Waals surface area contributed by atoms with Crippen molar-refractivity contribution in [1.82, 2.24) is 9.78 Å². The third-order valence-corrected chi connectivity index (χ3v) is 4.34. The fraction of sp³-hybridized carbons (Fsp3) is 0.800. The van der Waals surface area contributed by atoms with Crippen molar-refractivity contribution < 1.29 is 5.11 Å². The van der Waals surface area contributed by atoms with Crippen LogP contribution in [-0.4, -0.2) is 14.9 Å². The molecule has 0 bridgehead atoms. The van der Waals surface area contributed by atoms with Crippen LogP contribution in [-0.2, 0) is 12.1 Å². The van der Waals surface area contributed by atoms with Gasteiger partial charge in [0.05, 0.1) is 5.69 Å². The second-order valence-electron chi connectivity index (χ2n) is 5.96. The van der Waals surface area contributed by atoms with Gasteiger partial charge in [0.25, 0.3) is 0 Å². The first kappa shape index (κ1) is 13.6. The molecule has 1 aromatic heterocycles. The summed E-state index contributed by atoms with van der Waals surface area (Å²) in [6.45, 7) is 7.49. The van der Waals surface area contributed by atoms with Crippen molar-refractivity contribution in [1.29, 1.82) is 0 Å². The van der Waals surface area contributed by atoms with E-state index in [-0.39, 0.29) is 0 Å². The quantitative estimate of drug-likeness (QED) is 0.890. The Morgan fingerprint density at radius 1 is 1.50 bits per heavy atom. The van der Waals surface area contributed by atoms with Crippen molar-refractivity contribution in [2.45, 2.75) is 65.0 Å². The number of aliphatic hydroxyl groups is 1. The van der Waals surface area contributed by atoms with Crippen LogP contribution in [0.2, 0.25) is 0 Å². The van der Waals surface area contributed by atoms with E-state index >= 15 is 0 Å². The van der Waals surface area contributed by atoms with E-state index in [4.69, 9.17) is 0 Å². The van der Waals surface area contributed by atoms with E-state index in [9.17, 15) is 5.11 Å². The molecule has 1 aliphatic rings. The molecule has 102 valence electrons. The largest absolute Gasteiger partial charge is 0.383 e. The van der Waals surface area contributed by atoms with Crippen LogP contribution in [0.3, 0.4) is 0 Å². The van der Waals surface area contributed by atoms with Crippen LogP contribution in [0.5, 0.6) is 0 Å². The van der Waals surface area contributed by atoms with Gasteiger partial charge in [0.2, 0.25) is 0 Å². The molecule has 0 amide bonds. The maximum absolute atomic E-state index is 11.2. The lowest BCUT2D eigenvalue weighted by Crippen LogP contribution is -2.42. The number of hydrogen-bond donors (Lipinski definition) is 1. The summed E-state index contributed by atoms with van der Waals surface area (Å²) in [5.74, 6) is 0.874. The molecule has 1 saturated carbocycles. The van der Waals surface area contributed by atoms with Crippen LogP contribution >= 0.6 is 0 Å². The van der Waals surface area contributed by atoms with Gasteiger partial charge in [-0.1, -0.05) is 33.6 Å². The van der Waals surface area contributed by atoms with Gasteiger partial charge in [0.15, 0.2) is 0 Å². The van der Waals surface area contributed by atoms with E-state index in [1.807, 2.05) is 16.9 Å². The molecule has 2 atom stereocenters. The van der Waals surface area contributed by atoms with E-state index in [1.54, 1.807) is 0 Å². The van der Waals surface area contributed by atoms with E-state index in [1.165, 1.54) is 6.42 Å². The van der Waals surface area contributed by atoms with E-state index in [2.05, 4.69) is 25.9 Å². The fourth-order valence-electron chi connectivity index (χ4n) is 3.48. The van der Waals surface area contributed by atoms with Gasteiger partial charge in [-0.15, -0.1) is 0 Å². The molecule has 0 aromatic carbocycles. The molecule has 1 aromatic rings. The Balaban J connectivity index is 2.34. The number of rotatable bonds is 4. The van der Waals surface area contributed by atoms with Crippen LogP contribution in [0, 0.1) is 11.8 Å². The smallest absolute Gasteiger partial charge is 0.109 e. The third kappa shape index (κ3) is 2.33. The van der Waals surface area contributed by atoms with Crippen molar-refractivity contribution in [3.05, 3.63) is 18.0 Å². The second kappa shape index (κ2) is 5.43. The molecule has 0 radical (unpaired) electrons. The lowest BCUT2D eigenvalue weighted by molar-refractivity contribution is -0.0785. The number of nitrogens with zero attached hydrogens (tertiary/aromatic N) is 2. The topological polar surface area (TPSA) is 38.0 Å². The number of hydrogen-bond acceptors (Lipinski definition) is 2. The minimum Gasteiger partial charge on any atom is -0.383 e. The van der Waals surface area contributed by atoms with Crippen molar-refractivity contribution in [2.24, 2.45) is 11.8 Å². The van der Waals surface area contributed by atoms with Crippen molar-refractivity contribution in [3.63, 3.8) is 0 Å². The van der Waals surface area contributed by atoms with Crippen molar-refractivity contribution >= 4 is 0 Å². The summed E-state index contributed by atoms with van der Waals surface area (Å²) in [7, 11) is 0. The lowest BCUT2D eigenvalue weighted by atomic mass is 9.68. The highest BCUT2D eigenvalue weighted by Crippen LogP contribution is 2.45. The summed E-state index contributed by atoms with van der Waals surface area (Å²) in [6, 6.07) is 2.01. The summed E-state index contributed by atoms with van der Waals surface area (Å²) in [6.07, 6.45) is 7.26. The molecule has 1 heterocycles. The zero-order chi connectivity index (χ0) is 13.2. The van der Waals surface area contributed by atoms with Crippen LogP contribution in [0.15, 0.2) is 12.3 Å². The average molecular weight is 250 g/mol. The van der Waals surface area contributed by atoms with Gasteiger partial charge in [-0.05, 0) is 37.2 Å². The Bertz CT molecular complexity index is 386. The van der Waals surface area contributed by atoms with Crippen LogP contribution in [0.4, 0.5) is 0 Å². The first-order valence-corrected chi connectivity index (χ1v) is 7.34. The number of aromatic nitrogens is 2. The molecule has 3 heteroatoms. The summed E-state index contributed by atoms with van der Waals surface area (Å²) in [5.41, 5.74) is 0.362. The Kier molecular flexibility index (Phi) is 4.10. The summed E-state index contributed by atoms with van der Waals surface area (Å²) < 4.78 is 2.00. The van der Waals surface area contributed by atoms with Crippen molar-refractivity contribution in [3.8, 4) is 0 Å². The first-order chi connectivity index (χ1) is 8.59. The van der Waals surface area contributed by atoms with Gasteiger partial charge in [-0.2, -0.15) is 5.10 Å². The summed E-state index contributed by atoms with van der Waals surface area (Å²) in [5, 5.41) is 15.6. The Labute approximate surface area is 110 Å². The van der Waals surface area contributed by atoms with Gasteiger partial charge in [-0.25, -0.2) is 0 Å². The molecule has 1 N–H and O–H groups in total. The molecule has 18 heavy (non-hydrogen) atoms. The monoisotopic (exact) mass is 250 g/mol. The molecular formula is C15H26N2O. The van der Waals surface area contributed by atoms with Gasteiger partial charge in [0, 0.05) is 12.7 Å². The maximum atomic E-state index is 11.2. The highest BCUT2D eigenvalue weighted by Gasteiger charge is 2.43. The third-order valence-electron chi connectivity index (χ3n) is 4.34. The zero-order valence-corrected chi connectivity index (χ0v) is 11.9. The minimum atomic E-state index is -0.669. The highest BCUT2D eigenvalue weighted by atomic mass is 16.3. The van der Waals surface area contributed by atoms with Crippen LogP contribution in [0.1, 0.15) is 58.6 Å². The summed E-state index contributed by atoms with van der Waals surface area (Å²) in [4.78, 5) is 0. The first-order valence-electron chi connectivity index (χ1n) is 7.34. The Morgan fingerprint density at radius 2 is 2.28 bits per heavy atom. The van der Waals surface area contributed by atoms with E-state index in [0.29, 0.717) is 11.8 Å². The van der Waals surface area contributed by atoms with Gasteiger partial charge in [-0.3, -0.25) is 4.68 Å². The zero-order valence-electron chi connectivity index (χ0n) is 11.9. The van der Waals surface area contributed by atoms with Crippen molar-refractivity contribution in [2.75, 3.05) is 0 Å². The van der Waals surface area contributed by atoms with E-state index < -0.39 is 5.60 Å². The highest BCUT2D eigenvalue weighted by molar-refractivity contribution is 5.15. The molecule has 3 nitrogen and oxygen atoms in total. The molecule has 1 fully saturated rings. The maximum Gasteiger partial charge on any atom is 0.109 e. The SMILES string of the molecule is CCCn1nccc1C1(O)CCCCC1C(C)C. The number of aryl methyl sites for hydroxylation is 1. The predicted octanol–water partition coefficient (Wildman–Crippen LogP) is 3.33. The standard InChI is InChI=1S/C15H26N2O/c1-4-11-17-14(8-10-16-17)15(18)9-6-5-7-13(15)12(2)3/h8,10,12-13,18H,4-7,9,11H2,1-3H3. The molecule has 2 rings (SSSR count). The van der Waals surface area contributed by atoms with E-state index in [0.717, 1.165) is 37.9 Å². The Morgan fingerprint density at radius 3 is 2.94 bits per heavy atom. The minimum absolute atomic E-state index is 0.360. The molecular weight excluding hydrogens is 224 g/mol. The predicted molar refractivity (Wildman–Crippen MR) is 73.2 cm³/mol. The Hall–Kier alpha value is -0.830. The lowest BCUT2D eigenvalue weighted by Gasteiger charge is -2.42. The average Bonchev–Trinajstić information content (AvgIpc) is 2.78. The fourth-order valence-corrected chi connectivity index (χ4v) is 3.48. The summed E-state index contributed by atoms with van der Waals surface area (Å²) >= 11 is 0. The normalized spacial score (nSPS) is 28.8. The second-order valence-corrected chi connectivity index (χ2v) is 5.96. The molecule has 2 unspecified atom stereocenters. The molecule has 1 aliphatic carbocycles.